The van der Waals surface area contributed by atoms with Gasteiger partial charge in [-0.2, -0.15) is 0 Å². The first-order chi connectivity index (χ1) is 7.15. The van der Waals surface area contributed by atoms with Crippen molar-refractivity contribution in [3.8, 4) is 0 Å². The summed E-state index contributed by atoms with van der Waals surface area (Å²) >= 11 is 0. The monoisotopic (exact) mass is 209 g/mol. The van der Waals surface area contributed by atoms with E-state index in [2.05, 4.69) is 4.74 Å². The van der Waals surface area contributed by atoms with Crippen LogP contribution in [0.3, 0.4) is 0 Å². The van der Waals surface area contributed by atoms with Gasteiger partial charge in [-0.25, -0.2) is 0 Å². The number of methoxy groups -OCH3 is 1. The third-order valence-electron chi connectivity index (χ3n) is 1.88. The molecule has 80 valence electrons. The van der Waals surface area contributed by atoms with Crippen LogP contribution < -0.4 is 0 Å². The molecule has 0 aliphatic heterocycles. The first-order valence-corrected chi connectivity index (χ1v) is 4.38. The number of Topliss-reactive ketones (excluding diaryl/α,β-unsaturated/α-hetero) is 1. The van der Waals surface area contributed by atoms with Gasteiger partial charge in [-0.05, 0) is 0 Å². The molecule has 1 rings (SSSR count). The van der Waals surface area contributed by atoms with Gasteiger partial charge >= 0.3 is 0 Å². The Bertz CT molecular complexity index is 375. The molecule has 5 heteroatoms. The summed E-state index contributed by atoms with van der Waals surface area (Å²) in [5, 5.41) is 10.6. The van der Waals surface area contributed by atoms with E-state index < -0.39 is 4.92 Å². The van der Waals surface area contributed by atoms with Crippen molar-refractivity contribution in [1.29, 1.82) is 0 Å². The first-order valence-electron chi connectivity index (χ1n) is 4.38. The summed E-state index contributed by atoms with van der Waals surface area (Å²) in [7, 11) is 1.41. The molecule has 0 aromatic heterocycles. The first kappa shape index (κ1) is 11.3. The maximum absolute atomic E-state index is 11.2. The minimum Gasteiger partial charge on any atom is -0.377 e. The van der Waals surface area contributed by atoms with Crippen molar-refractivity contribution >= 4 is 11.5 Å². The average Bonchev–Trinajstić information content (AvgIpc) is 2.18. The lowest BCUT2D eigenvalue weighted by Crippen LogP contribution is -2.10. The van der Waals surface area contributed by atoms with Gasteiger partial charge in [0.15, 0.2) is 5.78 Å². The van der Waals surface area contributed by atoms with E-state index in [1.165, 1.54) is 13.2 Å². The molecule has 0 bridgehead atoms. The van der Waals surface area contributed by atoms with E-state index in [1.54, 1.807) is 18.2 Å². The largest absolute Gasteiger partial charge is 0.377 e. The molecule has 0 aliphatic carbocycles. The number of nitro benzene ring substituents is 1. The van der Waals surface area contributed by atoms with Gasteiger partial charge in [-0.15, -0.1) is 0 Å². The van der Waals surface area contributed by atoms with E-state index in [0.717, 1.165) is 0 Å². The van der Waals surface area contributed by atoms with Crippen LogP contribution in [0.1, 0.15) is 5.56 Å². The highest BCUT2D eigenvalue weighted by atomic mass is 16.6. The van der Waals surface area contributed by atoms with Gasteiger partial charge < -0.3 is 4.74 Å². The topological polar surface area (TPSA) is 69.4 Å². The Morgan fingerprint density at radius 1 is 1.47 bits per heavy atom. The van der Waals surface area contributed by atoms with Crippen molar-refractivity contribution < 1.29 is 14.5 Å². The molecule has 0 amide bonds. The smallest absolute Gasteiger partial charge is 0.273 e. The molecule has 0 unspecified atom stereocenters. The maximum atomic E-state index is 11.2. The van der Waals surface area contributed by atoms with Crippen molar-refractivity contribution in [2.45, 2.75) is 6.42 Å². The predicted octanol–water partition coefficient (Wildman–Crippen LogP) is 1.35. The van der Waals surface area contributed by atoms with Crippen LogP contribution in [0.2, 0.25) is 0 Å². The van der Waals surface area contributed by atoms with E-state index in [9.17, 15) is 14.9 Å². The summed E-state index contributed by atoms with van der Waals surface area (Å²) in [6.45, 7) is -0.0218. The van der Waals surface area contributed by atoms with E-state index in [-0.39, 0.29) is 24.5 Å². The van der Waals surface area contributed by atoms with Crippen LogP contribution in [0.4, 0.5) is 5.69 Å². The minimum atomic E-state index is -0.491. The summed E-state index contributed by atoms with van der Waals surface area (Å²) in [6.07, 6.45) is 0.0327. The van der Waals surface area contributed by atoms with Crippen molar-refractivity contribution in [2.75, 3.05) is 13.7 Å². The molecule has 0 spiro atoms. The molecular formula is C10H11NO4. The van der Waals surface area contributed by atoms with Gasteiger partial charge in [-0.1, -0.05) is 18.2 Å². The van der Waals surface area contributed by atoms with Gasteiger partial charge in [0, 0.05) is 25.2 Å². The fourth-order valence-corrected chi connectivity index (χ4v) is 1.26. The molecular weight excluding hydrogens is 198 g/mol. The van der Waals surface area contributed by atoms with Crippen molar-refractivity contribution in [3.63, 3.8) is 0 Å². The van der Waals surface area contributed by atoms with Gasteiger partial charge in [-0.3, -0.25) is 14.9 Å². The standard InChI is InChI=1S/C10H11NO4/c1-15-7-9(12)6-8-4-2-3-5-10(8)11(13)14/h2-5H,6-7H2,1H3. The number of carbonyl (C=O) groups is 1. The second kappa shape index (κ2) is 5.21. The zero-order valence-electron chi connectivity index (χ0n) is 8.30. The van der Waals surface area contributed by atoms with Gasteiger partial charge in [0.2, 0.25) is 0 Å². The molecule has 0 saturated carbocycles. The number of rotatable bonds is 5. The molecule has 5 nitrogen and oxygen atoms in total. The molecule has 0 heterocycles. The van der Waals surface area contributed by atoms with Crippen LogP contribution >= 0.6 is 0 Å². The van der Waals surface area contributed by atoms with Crippen LogP contribution in [0.25, 0.3) is 0 Å². The molecule has 0 fully saturated rings. The van der Waals surface area contributed by atoms with E-state index >= 15 is 0 Å². The molecule has 0 aliphatic rings. The number of nitrogens with zero attached hydrogens (tertiary/aromatic N) is 1. The third-order valence-corrected chi connectivity index (χ3v) is 1.88. The zero-order valence-corrected chi connectivity index (χ0v) is 8.30. The number of benzene rings is 1. The van der Waals surface area contributed by atoms with Crippen LogP contribution in [0, 0.1) is 10.1 Å². The normalized spacial score (nSPS) is 9.93. The number of ether oxygens (including phenoxy) is 1. The van der Waals surface area contributed by atoms with E-state index in [0.29, 0.717) is 5.56 Å². The Labute approximate surface area is 86.8 Å². The molecule has 1 aromatic rings. The van der Waals surface area contributed by atoms with Gasteiger partial charge in [0.25, 0.3) is 5.69 Å². The lowest BCUT2D eigenvalue weighted by atomic mass is 10.1. The molecule has 0 saturated heterocycles. The average molecular weight is 209 g/mol. The van der Waals surface area contributed by atoms with Crippen LogP contribution in [-0.4, -0.2) is 24.4 Å². The number of hydrogen-bond acceptors (Lipinski definition) is 4. The number of ketones is 1. The fourth-order valence-electron chi connectivity index (χ4n) is 1.26. The summed E-state index contributed by atoms with van der Waals surface area (Å²) in [4.78, 5) is 21.4. The summed E-state index contributed by atoms with van der Waals surface area (Å²) in [5.41, 5.74) is 0.395. The summed E-state index contributed by atoms with van der Waals surface area (Å²) < 4.78 is 4.66. The van der Waals surface area contributed by atoms with Crippen LogP contribution in [0.15, 0.2) is 24.3 Å². The SMILES string of the molecule is COCC(=O)Cc1ccccc1[N+](=O)[O-]. The number of para-hydroxylation sites is 1. The van der Waals surface area contributed by atoms with Gasteiger partial charge in [0.1, 0.15) is 6.61 Å². The highest BCUT2D eigenvalue weighted by molar-refractivity contribution is 5.83. The highest BCUT2D eigenvalue weighted by Crippen LogP contribution is 2.18. The Hall–Kier alpha value is -1.75. The Morgan fingerprint density at radius 3 is 2.73 bits per heavy atom. The molecule has 0 N–H and O–H groups in total. The number of hydrogen-bond donors (Lipinski definition) is 0. The molecule has 0 radical (unpaired) electrons. The van der Waals surface area contributed by atoms with E-state index in [4.69, 9.17) is 0 Å². The Kier molecular flexibility index (Phi) is 3.93. The molecule has 15 heavy (non-hydrogen) atoms. The van der Waals surface area contributed by atoms with Crippen LogP contribution in [-0.2, 0) is 16.0 Å². The minimum absolute atomic E-state index is 0.0218. The molecule has 0 atom stereocenters. The number of carbonyl (C=O) groups excluding carboxylic acids is 1. The maximum Gasteiger partial charge on any atom is 0.273 e. The Balaban J connectivity index is 2.84. The lowest BCUT2D eigenvalue weighted by molar-refractivity contribution is -0.385. The highest BCUT2D eigenvalue weighted by Gasteiger charge is 2.14. The van der Waals surface area contributed by atoms with Crippen molar-refractivity contribution in [1.82, 2.24) is 0 Å². The van der Waals surface area contributed by atoms with Crippen LogP contribution in [0.5, 0.6) is 0 Å². The second-order valence-corrected chi connectivity index (χ2v) is 3.03. The summed E-state index contributed by atoms with van der Waals surface area (Å²) in [5.74, 6) is -0.174. The quantitative estimate of drug-likeness (QED) is 0.542. The molecule has 1 aromatic carbocycles. The van der Waals surface area contributed by atoms with Crippen molar-refractivity contribution in [2.24, 2.45) is 0 Å². The van der Waals surface area contributed by atoms with Gasteiger partial charge in [0.05, 0.1) is 4.92 Å². The number of nitro groups is 1. The third kappa shape index (κ3) is 3.14. The Morgan fingerprint density at radius 2 is 2.13 bits per heavy atom. The summed E-state index contributed by atoms with van der Waals surface area (Å²) in [6, 6.07) is 6.20. The zero-order chi connectivity index (χ0) is 11.3. The second-order valence-electron chi connectivity index (χ2n) is 3.03. The van der Waals surface area contributed by atoms with Crippen molar-refractivity contribution in [3.05, 3.63) is 39.9 Å². The lowest BCUT2D eigenvalue weighted by Gasteiger charge is -2.01. The predicted molar refractivity (Wildman–Crippen MR) is 53.7 cm³/mol. The van der Waals surface area contributed by atoms with E-state index in [1.807, 2.05) is 0 Å². The fraction of sp³-hybridized carbons (Fsp3) is 0.300.